The van der Waals surface area contributed by atoms with Crippen LogP contribution >= 0.6 is 0 Å². The fourth-order valence-electron chi connectivity index (χ4n) is 2.11. The monoisotopic (exact) mass is 164 g/mol. The van der Waals surface area contributed by atoms with Gasteiger partial charge in [-0.05, 0) is 19.8 Å². The molecule has 0 aliphatic heterocycles. The molecule has 64 valence electrons. The second kappa shape index (κ2) is 2.28. The second-order valence-corrected chi connectivity index (χ2v) is 3.93. The average molecular weight is 164 g/mol. The number of hydrogen-bond donors (Lipinski definition) is 0. The summed E-state index contributed by atoms with van der Waals surface area (Å²) in [5, 5.41) is 0. The van der Waals surface area contributed by atoms with E-state index in [9.17, 15) is 9.59 Å². The molecule has 0 amide bonds. The normalized spacial score (nSPS) is 40.2. The van der Waals surface area contributed by atoms with Gasteiger partial charge >= 0.3 is 0 Å². The van der Waals surface area contributed by atoms with Gasteiger partial charge < -0.3 is 0 Å². The minimum atomic E-state index is -0.669. The van der Waals surface area contributed by atoms with Crippen LogP contribution in [0.1, 0.15) is 26.2 Å². The number of fused-ring (bicyclic) bond motifs is 2. The van der Waals surface area contributed by atoms with Gasteiger partial charge in [-0.3, -0.25) is 9.59 Å². The zero-order valence-electron chi connectivity index (χ0n) is 7.17. The van der Waals surface area contributed by atoms with Crippen molar-refractivity contribution in [2.24, 2.45) is 11.3 Å². The largest absolute Gasteiger partial charge is 0.299 e. The molecular weight excluding hydrogens is 152 g/mol. The van der Waals surface area contributed by atoms with Gasteiger partial charge in [0.05, 0.1) is 5.41 Å². The quantitative estimate of drug-likeness (QED) is 0.401. The highest BCUT2D eigenvalue weighted by molar-refractivity contribution is 6.14. The summed E-state index contributed by atoms with van der Waals surface area (Å²) >= 11 is 0. The summed E-state index contributed by atoms with van der Waals surface area (Å²) in [4.78, 5) is 23.2. The highest BCUT2D eigenvalue weighted by atomic mass is 16.2. The van der Waals surface area contributed by atoms with Gasteiger partial charge in [0, 0.05) is 12.3 Å². The molecule has 1 fully saturated rings. The highest BCUT2D eigenvalue weighted by Crippen LogP contribution is 2.41. The van der Waals surface area contributed by atoms with Gasteiger partial charge in [0.2, 0.25) is 0 Å². The van der Waals surface area contributed by atoms with Crippen molar-refractivity contribution in [3.05, 3.63) is 12.2 Å². The maximum atomic E-state index is 11.7. The van der Waals surface area contributed by atoms with E-state index < -0.39 is 5.41 Å². The summed E-state index contributed by atoms with van der Waals surface area (Å²) in [6.45, 7) is 1.79. The lowest BCUT2D eigenvalue weighted by Crippen LogP contribution is -2.29. The van der Waals surface area contributed by atoms with Crippen LogP contribution in [0.5, 0.6) is 0 Å². The number of carbonyl (C=O) groups excluding carboxylic acids is 2. The third kappa shape index (κ3) is 0.808. The number of carbonyl (C=O) groups is 2. The summed E-state index contributed by atoms with van der Waals surface area (Å²) in [6, 6.07) is 0. The predicted molar refractivity (Wildman–Crippen MR) is 44.6 cm³/mol. The molecule has 0 spiro atoms. The van der Waals surface area contributed by atoms with Gasteiger partial charge in [0.25, 0.3) is 0 Å². The molecule has 0 radical (unpaired) electrons. The van der Waals surface area contributed by atoms with E-state index in [2.05, 4.69) is 0 Å². The molecule has 0 aromatic rings. The van der Waals surface area contributed by atoms with Gasteiger partial charge in [0.1, 0.15) is 11.6 Å². The van der Waals surface area contributed by atoms with E-state index in [4.69, 9.17) is 0 Å². The van der Waals surface area contributed by atoms with Crippen LogP contribution in [0.2, 0.25) is 0 Å². The molecule has 2 aliphatic carbocycles. The predicted octanol–water partition coefficient (Wildman–Crippen LogP) is 1.50. The minimum Gasteiger partial charge on any atom is -0.299 e. The zero-order valence-corrected chi connectivity index (χ0v) is 7.17. The van der Waals surface area contributed by atoms with Crippen molar-refractivity contribution in [2.45, 2.75) is 26.2 Å². The van der Waals surface area contributed by atoms with Crippen molar-refractivity contribution >= 4 is 11.6 Å². The molecule has 2 heteroatoms. The summed E-state index contributed by atoms with van der Waals surface area (Å²) in [5.74, 6) is 0.292. The summed E-state index contributed by atoms with van der Waals surface area (Å²) in [7, 11) is 0. The minimum absolute atomic E-state index is 0.0127. The van der Waals surface area contributed by atoms with Crippen molar-refractivity contribution in [2.75, 3.05) is 0 Å². The van der Waals surface area contributed by atoms with E-state index in [1.807, 2.05) is 12.2 Å². The molecular formula is C10H12O2. The van der Waals surface area contributed by atoms with Crippen LogP contribution in [0.3, 0.4) is 0 Å². The Labute approximate surface area is 71.6 Å². The molecule has 0 aromatic heterocycles. The lowest BCUT2D eigenvalue weighted by atomic mass is 9.83. The Hall–Kier alpha value is -0.920. The lowest BCUT2D eigenvalue weighted by Gasteiger charge is -2.16. The number of Topliss-reactive ketones (excluding diaryl/α,β-unsaturated/α-hetero) is 2. The Morgan fingerprint density at radius 2 is 2.17 bits per heavy atom. The van der Waals surface area contributed by atoms with Crippen LogP contribution in [0.4, 0.5) is 0 Å². The lowest BCUT2D eigenvalue weighted by molar-refractivity contribution is -0.134. The van der Waals surface area contributed by atoms with E-state index in [1.165, 1.54) is 0 Å². The Balaban J connectivity index is 2.44. The van der Waals surface area contributed by atoms with Crippen LogP contribution in [-0.2, 0) is 9.59 Å². The maximum absolute atomic E-state index is 11.7. The average Bonchev–Trinajstić information content (AvgIpc) is 2.21. The van der Waals surface area contributed by atoms with Gasteiger partial charge in [-0.15, -0.1) is 0 Å². The smallest absolute Gasteiger partial charge is 0.150 e. The first-order valence-electron chi connectivity index (χ1n) is 4.37. The first-order valence-corrected chi connectivity index (χ1v) is 4.37. The van der Waals surface area contributed by atoms with E-state index in [1.54, 1.807) is 6.92 Å². The molecule has 2 unspecified atom stereocenters. The van der Waals surface area contributed by atoms with Crippen molar-refractivity contribution in [1.82, 2.24) is 0 Å². The first kappa shape index (κ1) is 7.71. The maximum Gasteiger partial charge on any atom is 0.150 e. The summed E-state index contributed by atoms with van der Waals surface area (Å²) in [6.07, 6.45) is 5.84. The van der Waals surface area contributed by atoms with Crippen LogP contribution < -0.4 is 0 Å². The highest BCUT2D eigenvalue weighted by Gasteiger charge is 2.50. The number of allylic oxidation sites excluding steroid dienone is 2. The Morgan fingerprint density at radius 3 is 2.92 bits per heavy atom. The molecule has 0 N–H and O–H groups in total. The SMILES string of the molecule is CC12CC=CCC(CC1=O)C2=O. The number of rotatable bonds is 0. The van der Waals surface area contributed by atoms with Crippen molar-refractivity contribution in [1.29, 1.82) is 0 Å². The molecule has 2 bridgehead atoms. The van der Waals surface area contributed by atoms with Crippen LogP contribution in [0, 0.1) is 11.3 Å². The molecule has 0 heterocycles. The van der Waals surface area contributed by atoms with Gasteiger partial charge in [-0.1, -0.05) is 12.2 Å². The Kier molecular flexibility index (Phi) is 1.47. The summed E-state index contributed by atoms with van der Waals surface area (Å²) in [5.41, 5.74) is -0.669. The van der Waals surface area contributed by atoms with Crippen LogP contribution in [0.15, 0.2) is 12.2 Å². The van der Waals surface area contributed by atoms with Crippen LogP contribution in [0.25, 0.3) is 0 Å². The van der Waals surface area contributed by atoms with Crippen molar-refractivity contribution < 1.29 is 9.59 Å². The van der Waals surface area contributed by atoms with Gasteiger partial charge in [-0.2, -0.15) is 0 Å². The first-order chi connectivity index (χ1) is 5.64. The van der Waals surface area contributed by atoms with Crippen LogP contribution in [-0.4, -0.2) is 11.6 Å². The molecule has 2 atom stereocenters. The molecule has 2 nitrogen and oxygen atoms in total. The van der Waals surface area contributed by atoms with E-state index in [0.29, 0.717) is 12.8 Å². The Bertz CT molecular complexity index is 278. The number of hydrogen-bond acceptors (Lipinski definition) is 2. The second-order valence-electron chi connectivity index (χ2n) is 3.93. The molecule has 2 rings (SSSR count). The summed E-state index contributed by atoms with van der Waals surface area (Å²) < 4.78 is 0. The Morgan fingerprint density at radius 1 is 1.42 bits per heavy atom. The topological polar surface area (TPSA) is 34.1 Å². The van der Waals surface area contributed by atoms with Crippen molar-refractivity contribution in [3.8, 4) is 0 Å². The van der Waals surface area contributed by atoms with E-state index in [0.717, 1.165) is 6.42 Å². The third-order valence-corrected chi connectivity index (χ3v) is 3.08. The van der Waals surface area contributed by atoms with E-state index >= 15 is 0 Å². The van der Waals surface area contributed by atoms with Crippen molar-refractivity contribution in [3.63, 3.8) is 0 Å². The fraction of sp³-hybridized carbons (Fsp3) is 0.600. The molecule has 12 heavy (non-hydrogen) atoms. The fourth-order valence-corrected chi connectivity index (χ4v) is 2.11. The standard InChI is InChI=1S/C10H12O2/c1-10-5-3-2-4-7(9(10)12)6-8(10)11/h2-3,7H,4-6H2,1H3. The van der Waals surface area contributed by atoms with Gasteiger partial charge in [0.15, 0.2) is 0 Å². The molecule has 2 aliphatic rings. The number of ketones is 2. The molecule has 0 aromatic carbocycles. The zero-order chi connectivity index (χ0) is 8.77. The molecule has 0 saturated heterocycles. The van der Waals surface area contributed by atoms with E-state index in [-0.39, 0.29) is 17.5 Å². The van der Waals surface area contributed by atoms with Gasteiger partial charge in [-0.25, -0.2) is 0 Å². The molecule has 1 saturated carbocycles. The third-order valence-electron chi connectivity index (χ3n) is 3.08.